The fourth-order valence-electron chi connectivity index (χ4n) is 4.88. The van der Waals surface area contributed by atoms with Crippen LogP contribution in [0.25, 0.3) is 5.78 Å². The van der Waals surface area contributed by atoms with Gasteiger partial charge in [-0.15, -0.1) is 0 Å². The minimum atomic E-state index is -0.367. The zero-order chi connectivity index (χ0) is 18.6. The molecule has 1 aliphatic carbocycles. The number of carbonyl (C=O) groups excluding carboxylic acids is 1. The zero-order valence-corrected chi connectivity index (χ0v) is 15.3. The van der Waals surface area contributed by atoms with Crippen molar-refractivity contribution < 1.29 is 9.90 Å². The maximum atomic E-state index is 13.2. The van der Waals surface area contributed by atoms with Gasteiger partial charge in [0.1, 0.15) is 5.69 Å². The Bertz CT molecular complexity index is 1030. The first-order valence-corrected chi connectivity index (χ1v) is 9.45. The quantitative estimate of drug-likeness (QED) is 0.720. The maximum Gasteiger partial charge on any atom is 0.272 e. The third-order valence-electron chi connectivity index (χ3n) is 6.33. The number of benzene rings is 1. The number of aliphatic hydroxyl groups excluding tert-OH is 1. The molecule has 1 aromatic carbocycles. The number of fused-ring (bicyclic) bond motifs is 3. The predicted octanol–water partition coefficient (Wildman–Crippen LogP) is 2.13. The molecule has 6 heteroatoms. The average molecular weight is 362 g/mol. The van der Waals surface area contributed by atoms with E-state index in [1.807, 2.05) is 36.2 Å². The normalized spacial score (nSPS) is 21.0. The summed E-state index contributed by atoms with van der Waals surface area (Å²) in [6, 6.07) is 10.1. The molecule has 1 saturated heterocycles. The number of hydrogen-bond donors (Lipinski definition) is 1. The van der Waals surface area contributed by atoms with Gasteiger partial charge in [0.15, 0.2) is 0 Å². The van der Waals surface area contributed by atoms with E-state index in [0.717, 1.165) is 12.8 Å². The van der Waals surface area contributed by atoms with E-state index >= 15 is 0 Å². The number of imidazole rings is 1. The molecule has 1 atom stereocenters. The Kier molecular flexibility index (Phi) is 3.59. The van der Waals surface area contributed by atoms with Crippen molar-refractivity contribution in [1.29, 1.82) is 0 Å². The lowest BCUT2D eigenvalue weighted by molar-refractivity contribution is 0.0361. The summed E-state index contributed by atoms with van der Waals surface area (Å²) in [6.07, 6.45) is 5.42. The van der Waals surface area contributed by atoms with Crippen LogP contribution in [-0.4, -0.2) is 49.5 Å². The molecule has 2 aliphatic rings. The van der Waals surface area contributed by atoms with E-state index in [0.29, 0.717) is 36.7 Å². The number of aliphatic hydroxyl groups is 1. The second-order valence-electron chi connectivity index (χ2n) is 7.66. The largest absolute Gasteiger partial charge is 0.392 e. The lowest BCUT2D eigenvalue weighted by atomic mass is 9.72. The van der Waals surface area contributed by atoms with Gasteiger partial charge in [-0.25, -0.2) is 9.97 Å². The maximum absolute atomic E-state index is 13.2. The molecule has 138 valence electrons. The molecule has 0 unspecified atom stereocenters. The zero-order valence-electron chi connectivity index (χ0n) is 15.3. The summed E-state index contributed by atoms with van der Waals surface area (Å²) >= 11 is 0. The van der Waals surface area contributed by atoms with Crippen molar-refractivity contribution in [2.45, 2.75) is 37.7 Å². The van der Waals surface area contributed by atoms with Crippen LogP contribution in [0.1, 0.15) is 40.2 Å². The van der Waals surface area contributed by atoms with Gasteiger partial charge in [0.2, 0.25) is 5.78 Å². The summed E-state index contributed by atoms with van der Waals surface area (Å²) < 4.78 is 1.77. The van der Waals surface area contributed by atoms with Gasteiger partial charge in [-0.3, -0.25) is 9.20 Å². The highest BCUT2D eigenvalue weighted by atomic mass is 16.3. The van der Waals surface area contributed by atoms with E-state index in [-0.39, 0.29) is 17.4 Å². The monoisotopic (exact) mass is 362 g/mol. The minimum Gasteiger partial charge on any atom is -0.392 e. The standard InChI is InChI=1S/C21H22N4O2/c1-14-18(25-10-4-9-22-20(25)23-14)19(27)24-11-7-21(8-12-24)16-6-3-2-5-15(16)13-17(21)26/h2-6,9-10,17,26H,7-8,11-13H2,1H3/t17-/m0/s1. The third-order valence-corrected chi connectivity index (χ3v) is 6.33. The topological polar surface area (TPSA) is 70.7 Å². The van der Waals surface area contributed by atoms with Gasteiger partial charge in [-0.05, 0) is 43.4 Å². The number of hydrogen-bond acceptors (Lipinski definition) is 4. The first-order chi connectivity index (χ1) is 13.1. The van der Waals surface area contributed by atoms with Crippen molar-refractivity contribution >= 4 is 11.7 Å². The molecule has 2 aromatic heterocycles. The Morgan fingerprint density at radius 1 is 1.22 bits per heavy atom. The van der Waals surface area contributed by atoms with E-state index in [4.69, 9.17) is 0 Å². The first kappa shape index (κ1) is 16.4. The minimum absolute atomic E-state index is 0.0105. The molecule has 0 bridgehead atoms. The fraction of sp³-hybridized carbons (Fsp3) is 0.381. The van der Waals surface area contributed by atoms with Crippen LogP contribution in [0.3, 0.4) is 0 Å². The smallest absolute Gasteiger partial charge is 0.272 e. The van der Waals surface area contributed by atoms with Crippen LogP contribution in [0, 0.1) is 6.92 Å². The van der Waals surface area contributed by atoms with E-state index in [2.05, 4.69) is 22.1 Å². The van der Waals surface area contributed by atoms with Gasteiger partial charge in [0.05, 0.1) is 11.8 Å². The van der Waals surface area contributed by atoms with Crippen molar-refractivity contribution in [2.24, 2.45) is 0 Å². The van der Waals surface area contributed by atoms with E-state index in [1.54, 1.807) is 10.6 Å². The molecule has 6 nitrogen and oxygen atoms in total. The van der Waals surface area contributed by atoms with Crippen molar-refractivity contribution in [2.75, 3.05) is 13.1 Å². The number of carbonyl (C=O) groups is 1. The Morgan fingerprint density at radius 3 is 2.81 bits per heavy atom. The molecular weight excluding hydrogens is 340 g/mol. The fourth-order valence-corrected chi connectivity index (χ4v) is 4.88. The molecule has 3 heterocycles. The highest BCUT2D eigenvalue weighted by Crippen LogP contribution is 2.46. The Morgan fingerprint density at radius 2 is 2.00 bits per heavy atom. The molecule has 27 heavy (non-hydrogen) atoms. The summed E-state index contributed by atoms with van der Waals surface area (Å²) in [4.78, 5) is 23.7. The highest BCUT2D eigenvalue weighted by Gasteiger charge is 2.48. The van der Waals surface area contributed by atoms with Crippen LogP contribution in [0.5, 0.6) is 0 Å². The highest BCUT2D eigenvalue weighted by molar-refractivity contribution is 5.94. The van der Waals surface area contributed by atoms with Crippen molar-refractivity contribution in [3.05, 3.63) is 65.2 Å². The molecule has 1 aliphatic heterocycles. The molecule has 1 spiro atoms. The van der Waals surface area contributed by atoms with Crippen LogP contribution in [0.4, 0.5) is 0 Å². The summed E-state index contributed by atoms with van der Waals surface area (Å²) in [5, 5.41) is 10.8. The molecule has 3 aromatic rings. The van der Waals surface area contributed by atoms with Crippen molar-refractivity contribution in [3.8, 4) is 0 Å². The Balaban J connectivity index is 1.42. The van der Waals surface area contributed by atoms with Crippen LogP contribution in [0.2, 0.25) is 0 Å². The molecule has 1 fully saturated rings. The van der Waals surface area contributed by atoms with Gasteiger partial charge in [0, 0.05) is 30.9 Å². The van der Waals surface area contributed by atoms with Crippen molar-refractivity contribution in [1.82, 2.24) is 19.3 Å². The summed E-state index contributed by atoms with van der Waals surface area (Å²) in [7, 11) is 0. The number of aryl methyl sites for hydroxylation is 1. The lowest BCUT2D eigenvalue weighted by Gasteiger charge is -2.42. The summed E-state index contributed by atoms with van der Waals surface area (Å²) in [6.45, 7) is 3.12. The molecule has 1 amide bonds. The average Bonchev–Trinajstić information content (AvgIpc) is 3.16. The predicted molar refractivity (Wildman–Crippen MR) is 101 cm³/mol. The molecule has 0 saturated carbocycles. The van der Waals surface area contributed by atoms with Crippen LogP contribution in [-0.2, 0) is 11.8 Å². The van der Waals surface area contributed by atoms with Gasteiger partial charge in [-0.2, -0.15) is 0 Å². The number of amides is 1. The van der Waals surface area contributed by atoms with Gasteiger partial charge in [-0.1, -0.05) is 24.3 Å². The Labute approximate surface area is 157 Å². The van der Waals surface area contributed by atoms with Gasteiger partial charge in [0.25, 0.3) is 5.91 Å². The number of likely N-dealkylation sites (tertiary alicyclic amines) is 1. The number of piperidine rings is 1. The molecule has 5 rings (SSSR count). The second kappa shape index (κ2) is 5.89. The number of rotatable bonds is 1. The van der Waals surface area contributed by atoms with E-state index in [9.17, 15) is 9.90 Å². The summed E-state index contributed by atoms with van der Waals surface area (Å²) in [5.74, 6) is 0.538. The number of nitrogens with zero attached hydrogens (tertiary/aromatic N) is 4. The number of aromatic nitrogens is 3. The van der Waals surface area contributed by atoms with Crippen LogP contribution >= 0.6 is 0 Å². The van der Waals surface area contributed by atoms with Gasteiger partial charge < -0.3 is 10.0 Å². The van der Waals surface area contributed by atoms with Gasteiger partial charge >= 0.3 is 0 Å². The second-order valence-corrected chi connectivity index (χ2v) is 7.66. The lowest BCUT2D eigenvalue weighted by Crippen LogP contribution is -2.49. The van der Waals surface area contributed by atoms with Crippen LogP contribution in [0.15, 0.2) is 42.7 Å². The van der Waals surface area contributed by atoms with Crippen molar-refractivity contribution in [3.63, 3.8) is 0 Å². The Hall–Kier alpha value is -2.73. The summed E-state index contributed by atoms with van der Waals surface area (Å²) in [5.41, 5.74) is 3.57. The molecule has 0 radical (unpaired) electrons. The first-order valence-electron chi connectivity index (χ1n) is 9.45. The van der Waals surface area contributed by atoms with E-state index in [1.165, 1.54) is 11.1 Å². The SMILES string of the molecule is Cc1nc2ncccn2c1C(=O)N1CCC2(CC1)c1ccccc1C[C@@H]2O. The molecule has 1 N–H and O–H groups in total. The third kappa shape index (κ3) is 2.33. The van der Waals surface area contributed by atoms with Crippen LogP contribution < -0.4 is 0 Å². The van der Waals surface area contributed by atoms with E-state index < -0.39 is 0 Å². The molecular formula is C21H22N4O2.